The lowest BCUT2D eigenvalue weighted by molar-refractivity contribution is 0.468. The molecule has 0 amide bonds. The molecule has 6 heteroatoms. The summed E-state index contributed by atoms with van der Waals surface area (Å²) in [5, 5.41) is 3.73. The highest BCUT2D eigenvalue weighted by Crippen LogP contribution is 2.23. The zero-order valence-corrected chi connectivity index (χ0v) is 13.9. The molecule has 1 N–H and O–H groups in total. The van der Waals surface area contributed by atoms with Gasteiger partial charge in [0.05, 0.1) is 4.90 Å². The van der Waals surface area contributed by atoms with Gasteiger partial charge in [-0.1, -0.05) is 31.5 Å². The molecule has 0 fully saturated rings. The van der Waals surface area contributed by atoms with Crippen molar-refractivity contribution in [3.8, 4) is 0 Å². The van der Waals surface area contributed by atoms with E-state index in [-0.39, 0.29) is 4.90 Å². The standard InChI is InChI=1S/C14H23ClN2O2S/c1-4-8-16-11-12-6-7-13(10-14(12)15)20(18,19)17(3)9-5-2/h6-7,10,16H,4-5,8-9,11H2,1-3H3. The number of hydrogen-bond donors (Lipinski definition) is 1. The van der Waals surface area contributed by atoms with E-state index in [0.717, 1.165) is 24.9 Å². The molecule has 0 aliphatic rings. The third-order valence-electron chi connectivity index (χ3n) is 3.01. The number of sulfonamides is 1. The third-order valence-corrected chi connectivity index (χ3v) is 5.22. The molecule has 0 aliphatic heterocycles. The highest BCUT2D eigenvalue weighted by Gasteiger charge is 2.20. The molecule has 1 aromatic rings. The van der Waals surface area contributed by atoms with Gasteiger partial charge in [-0.3, -0.25) is 0 Å². The number of benzene rings is 1. The van der Waals surface area contributed by atoms with Crippen molar-refractivity contribution >= 4 is 21.6 Å². The molecule has 20 heavy (non-hydrogen) atoms. The predicted molar refractivity (Wildman–Crippen MR) is 83.6 cm³/mol. The van der Waals surface area contributed by atoms with Crippen LogP contribution in [0, 0.1) is 0 Å². The van der Waals surface area contributed by atoms with Crippen LogP contribution in [0.3, 0.4) is 0 Å². The van der Waals surface area contributed by atoms with Crippen LogP contribution in [0.4, 0.5) is 0 Å². The Morgan fingerprint density at radius 2 is 1.95 bits per heavy atom. The van der Waals surface area contributed by atoms with E-state index in [1.54, 1.807) is 19.2 Å². The van der Waals surface area contributed by atoms with Crippen molar-refractivity contribution in [2.45, 2.75) is 38.1 Å². The van der Waals surface area contributed by atoms with Gasteiger partial charge in [-0.05, 0) is 37.1 Å². The lowest BCUT2D eigenvalue weighted by Gasteiger charge is -2.17. The molecule has 114 valence electrons. The molecule has 0 saturated heterocycles. The second kappa shape index (κ2) is 7.98. The van der Waals surface area contributed by atoms with Crippen molar-refractivity contribution in [2.75, 3.05) is 20.1 Å². The minimum atomic E-state index is -3.44. The Balaban J connectivity index is 2.91. The fourth-order valence-corrected chi connectivity index (χ4v) is 3.45. The molecule has 1 rings (SSSR count). The number of hydrogen-bond acceptors (Lipinski definition) is 3. The van der Waals surface area contributed by atoms with Gasteiger partial charge in [0, 0.05) is 25.2 Å². The maximum absolute atomic E-state index is 12.3. The summed E-state index contributed by atoms with van der Waals surface area (Å²) in [5.74, 6) is 0. The molecule has 0 unspecified atom stereocenters. The number of halogens is 1. The Kier molecular flexibility index (Phi) is 6.95. The minimum Gasteiger partial charge on any atom is -0.313 e. The maximum atomic E-state index is 12.3. The molecule has 0 bridgehead atoms. The molecular weight excluding hydrogens is 296 g/mol. The second-order valence-electron chi connectivity index (χ2n) is 4.76. The maximum Gasteiger partial charge on any atom is 0.242 e. The van der Waals surface area contributed by atoms with E-state index in [1.165, 1.54) is 10.4 Å². The highest BCUT2D eigenvalue weighted by molar-refractivity contribution is 7.89. The first-order valence-electron chi connectivity index (χ1n) is 6.89. The van der Waals surface area contributed by atoms with Crippen LogP contribution in [-0.4, -0.2) is 32.9 Å². The van der Waals surface area contributed by atoms with Crippen molar-refractivity contribution in [3.63, 3.8) is 0 Å². The fourth-order valence-electron chi connectivity index (χ4n) is 1.85. The summed E-state index contributed by atoms with van der Waals surface area (Å²) < 4.78 is 26.0. The first-order chi connectivity index (χ1) is 9.43. The van der Waals surface area contributed by atoms with E-state index >= 15 is 0 Å². The van der Waals surface area contributed by atoms with E-state index in [1.807, 2.05) is 6.92 Å². The van der Waals surface area contributed by atoms with Crippen LogP contribution in [0.1, 0.15) is 32.3 Å². The van der Waals surface area contributed by atoms with Crippen LogP contribution in [0.25, 0.3) is 0 Å². The molecule has 1 aromatic carbocycles. The quantitative estimate of drug-likeness (QED) is 0.750. The average Bonchev–Trinajstić information content (AvgIpc) is 2.41. The molecule has 0 atom stereocenters. The SMILES string of the molecule is CCCNCc1ccc(S(=O)(=O)N(C)CCC)cc1Cl. The van der Waals surface area contributed by atoms with Gasteiger partial charge < -0.3 is 5.32 Å². The normalized spacial score (nSPS) is 12.1. The van der Waals surface area contributed by atoms with Gasteiger partial charge >= 0.3 is 0 Å². The van der Waals surface area contributed by atoms with Crippen LogP contribution in [-0.2, 0) is 16.6 Å². The largest absolute Gasteiger partial charge is 0.313 e. The summed E-state index contributed by atoms with van der Waals surface area (Å²) in [5.41, 5.74) is 0.914. The molecule has 0 spiro atoms. The molecule has 0 aliphatic carbocycles. The van der Waals surface area contributed by atoms with Crippen LogP contribution >= 0.6 is 11.6 Å². The summed E-state index contributed by atoms with van der Waals surface area (Å²) in [6, 6.07) is 4.93. The average molecular weight is 319 g/mol. The zero-order valence-electron chi connectivity index (χ0n) is 12.3. The van der Waals surface area contributed by atoms with Crippen LogP contribution in [0.2, 0.25) is 5.02 Å². The summed E-state index contributed by atoms with van der Waals surface area (Å²) in [6.07, 6.45) is 1.83. The first kappa shape index (κ1) is 17.4. The Labute approximate surface area is 127 Å². The van der Waals surface area contributed by atoms with E-state index in [9.17, 15) is 8.42 Å². The molecule has 0 radical (unpaired) electrons. The third kappa shape index (κ3) is 4.45. The summed E-state index contributed by atoms with van der Waals surface area (Å²) >= 11 is 6.17. The van der Waals surface area contributed by atoms with Crippen molar-refractivity contribution in [1.29, 1.82) is 0 Å². The van der Waals surface area contributed by atoms with Gasteiger partial charge in [-0.2, -0.15) is 0 Å². The lowest BCUT2D eigenvalue weighted by atomic mass is 10.2. The summed E-state index contributed by atoms with van der Waals surface area (Å²) in [4.78, 5) is 0.248. The van der Waals surface area contributed by atoms with E-state index in [4.69, 9.17) is 11.6 Å². The number of rotatable bonds is 8. The van der Waals surface area contributed by atoms with Gasteiger partial charge in [0.1, 0.15) is 0 Å². The fraction of sp³-hybridized carbons (Fsp3) is 0.571. The Morgan fingerprint density at radius 3 is 2.50 bits per heavy atom. The van der Waals surface area contributed by atoms with Crippen LogP contribution in [0.15, 0.2) is 23.1 Å². The van der Waals surface area contributed by atoms with E-state index in [2.05, 4.69) is 12.2 Å². The van der Waals surface area contributed by atoms with Gasteiger partial charge in [0.25, 0.3) is 0 Å². The van der Waals surface area contributed by atoms with Gasteiger partial charge in [0.15, 0.2) is 0 Å². The molecule has 4 nitrogen and oxygen atoms in total. The molecule has 0 saturated carbocycles. The Bertz CT molecular complexity index is 532. The van der Waals surface area contributed by atoms with E-state index < -0.39 is 10.0 Å². The first-order valence-corrected chi connectivity index (χ1v) is 8.70. The smallest absolute Gasteiger partial charge is 0.242 e. The molecule has 0 heterocycles. The van der Waals surface area contributed by atoms with Crippen LogP contribution in [0.5, 0.6) is 0 Å². The number of nitrogens with zero attached hydrogens (tertiary/aromatic N) is 1. The molecular formula is C14H23ClN2O2S. The van der Waals surface area contributed by atoms with Gasteiger partial charge in [0.2, 0.25) is 10.0 Å². The van der Waals surface area contributed by atoms with Crippen LogP contribution < -0.4 is 5.32 Å². The van der Waals surface area contributed by atoms with Crippen molar-refractivity contribution in [3.05, 3.63) is 28.8 Å². The topological polar surface area (TPSA) is 49.4 Å². The minimum absolute atomic E-state index is 0.248. The Morgan fingerprint density at radius 1 is 1.25 bits per heavy atom. The van der Waals surface area contributed by atoms with Gasteiger partial charge in [-0.15, -0.1) is 0 Å². The van der Waals surface area contributed by atoms with Crippen molar-refractivity contribution in [2.24, 2.45) is 0 Å². The Hall–Kier alpha value is -0.620. The monoisotopic (exact) mass is 318 g/mol. The van der Waals surface area contributed by atoms with Crippen molar-refractivity contribution < 1.29 is 8.42 Å². The highest BCUT2D eigenvalue weighted by atomic mass is 35.5. The molecule has 0 aromatic heterocycles. The predicted octanol–water partition coefficient (Wildman–Crippen LogP) is 2.87. The summed E-state index contributed by atoms with van der Waals surface area (Å²) in [6.45, 7) is 6.10. The second-order valence-corrected chi connectivity index (χ2v) is 7.21. The number of nitrogens with one attached hydrogen (secondary N) is 1. The zero-order chi connectivity index (χ0) is 15.2. The summed E-state index contributed by atoms with van der Waals surface area (Å²) in [7, 11) is -1.85. The lowest BCUT2D eigenvalue weighted by Crippen LogP contribution is -2.27. The van der Waals surface area contributed by atoms with Gasteiger partial charge in [-0.25, -0.2) is 12.7 Å². The van der Waals surface area contributed by atoms with E-state index in [0.29, 0.717) is 18.1 Å². The van der Waals surface area contributed by atoms with Crippen molar-refractivity contribution in [1.82, 2.24) is 9.62 Å².